The molecule has 0 amide bonds. The molecule has 1 aromatic heterocycles. The number of nitrogens with one attached hydrogen (secondary N) is 1. The van der Waals surface area contributed by atoms with E-state index in [2.05, 4.69) is 36.4 Å². The van der Waals surface area contributed by atoms with E-state index in [4.69, 9.17) is 0 Å². The topological polar surface area (TPSA) is 93.3 Å². The van der Waals surface area contributed by atoms with Crippen molar-refractivity contribution >= 4 is 33.3 Å². The van der Waals surface area contributed by atoms with E-state index in [-0.39, 0.29) is 5.69 Å². The fraction of sp³-hybridized carbons (Fsp3) is 0.0556. The number of hydrogen-bond acceptors (Lipinski definition) is 6. The lowest BCUT2D eigenvalue weighted by Gasteiger charge is -2.04. The fourth-order valence-corrected chi connectivity index (χ4v) is 2.46. The number of nitro benzene ring substituents is 1. The number of nitro groups is 1. The molecule has 0 unspecified atom stereocenters. The average molecular weight is 412 g/mol. The first-order chi connectivity index (χ1) is 12.5. The van der Waals surface area contributed by atoms with Crippen molar-refractivity contribution in [3.8, 4) is 11.1 Å². The molecule has 0 aliphatic carbocycles. The van der Waals surface area contributed by atoms with Gasteiger partial charge in [0.2, 0.25) is 5.95 Å². The molecule has 0 radical (unpaired) electrons. The lowest BCUT2D eigenvalue weighted by Crippen LogP contribution is -2.02. The van der Waals surface area contributed by atoms with Crippen LogP contribution in [0.5, 0.6) is 0 Å². The molecule has 0 bridgehead atoms. The minimum Gasteiger partial charge on any atom is -0.258 e. The molecule has 8 heteroatoms. The summed E-state index contributed by atoms with van der Waals surface area (Å²) in [6.07, 6.45) is 3.28. The molecule has 26 heavy (non-hydrogen) atoms. The Hall–Kier alpha value is -3.13. The third-order valence-electron chi connectivity index (χ3n) is 3.65. The number of nitrogens with zero attached hydrogens (tertiary/aromatic N) is 4. The zero-order chi connectivity index (χ0) is 18.5. The Morgan fingerprint density at radius 3 is 2.23 bits per heavy atom. The summed E-state index contributed by atoms with van der Waals surface area (Å²) in [7, 11) is 0. The van der Waals surface area contributed by atoms with Gasteiger partial charge in [-0.2, -0.15) is 5.10 Å². The molecular formula is C18H14BrN5O2. The normalized spacial score (nSPS) is 11.2. The minimum atomic E-state index is -0.431. The zero-order valence-electron chi connectivity index (χ0n) is 13.8. The Morgan fingerprint density at radius 2 is 1.65 bits per heavy atom. The Bertz CT molecular complexity index is 939. The van der Waals surface area contributed by atoms with Gasteiger partial charge >= 0.3 is 0 Å². The van der Waals surface area contributed by atoms with Crippen LogP contribution in [0.25, 0.3) is 11.1 Å². The van der Waals surface area contributed by atoms with Crippen molar-refractivity contribution in [3.05, 3.63) is 81.1 Å². The molecule has 0 fully saturated rings. The van der Waals surface area contributed by atoms with Crippen LogP contribution in [0, 0.1) is 10.1 Å². The van der Waals surface area contributed by atoms with E-state index < -0.39 is 4.92 Å². The molecule has 3 rings (SSSR count). The van der Waals surface area contributed by atoms with Crippen LogP contribution in [-0.2, 0) is 0 Å². The van der Waals surface area contributed by atoms with Gasteiger partial charge in [0.1, 0.15) is 0 Å². The van der Waals surface area contributed by atoms with Crippen molar-refractivity contribution in [1.29, 1.82) is 0 Å². The highest BCUT2D eigenvalue weighted by molar-refractivity contribution is 9.10. The Kier molecular flexibility index (Phi) is 5.33. The van der Waals surface area contributed by atoms with E-state index in [0.717, 1.165) is 26.9 Å². The lowest BCUT2D eigenvalue weighted by molar-refractivity contribution is -0.384. The number of aromatic nitrogens is 2. The monoisotopic (exact) mass is 411 g/mol. The smallest absolute Gasteiger partial charge is 0.258 e. The van der Waals surface area contributed by atoms with E-state index in [1.807, 2.05) is 31.2 Å². The largest absolute Gasteiger partial charge is 0.269 e. The summed E-state index contributed by atoms with van der Waals surface area (Å²) < 4.78 is 1.01. The van der Waals surface area contributed by atoms with Crippen LogP contribution in [0.1, 0.15) is 12.5 Å². The molecular weight excluding hydrogens is 398 g/mol. The molecule has 0 aliphatic heterocycles. The second-order valence-electron chi connectivity index (χ2n) is 5.42. The van der Waals surface area contributed by atoms with E-state index >= 15 is 0 Å². The molecule has 0 aliphatic rings. The predicted octanol–water partition coefficient (Wildman–Crippen LogP) is 4.65. The Labute approximate surface area is 158 Å². The number of anilines is 1. The molecule has 1 N–H and O–H groups in total. The van der Waals surface area contributed by atoms with Gasteiger partial charge < -0.3 is 0 Å². The van der Waals surface area contributed by atoms with Crippen molar-refractivity contribution < 1.29 is 4.92 Å². The minimum absolute atomic E-state index is 0.0470. The van der Waals surface area contributed by atoms with Gasteiger partial charge in [-0.3, -0.25) is 10.1 Å². The predicted molar refractivity (Wildman–Crippen MR) is 104 cm³/mol. The molecule has 2 aromatic carbocycles. The van der Waals surface area contributed by atoms with Crippen LogP contribution >= 0.6 is 15.9 Å². The summed E-state index contributed by atoms with van der Waals surface area (Å²) >= 11 is 3.40. The first-order valence-corrected chi connectivity index (χ1v) is 8.45. The van der Waals surface area contributed by atoms with Gasteiger partial charge in [0.15, 0.2) is 0 Å². The summed E-state index contributed by atoms with van der Waals surface area (Å²) in [5.74, 6) is 0.368. The highest BCUT2D eigenvalue weighted by Gasteiger charge is 2.06. The second-order valence-corrected chi connectivity index (χ2v) is 6.33. The molecule has 0 atom stereocenters. The summed E-state index contributed by atoms with van der Waals surface area (Å²) in [6.45, 7) is 1.89. The van der Waals surface area contributed by atoms with E-state index in [1.165, 1.54) is 12.1 Å². The maximum Gasteiger partial charge on any atom is 0.269 e. The third-order valence-corrected chi connectivity index (χ3v) is 4.18. The van der Waals surface area contributed by atoms with E-state index in [1.54, 1.807) is 24.5 Å². The molecule has 0 saturated carbocycles. The number of rotatable bonds is 5. The number of hydrogen-bond donors (Lipinski definition) is 1. The maximum absolute atomic E-state index is 10.7. The van der Waals surface area contributed by atoms with Gasteiger partial charge in [-0.15, -0.1) is 0 Å². The molecule has 3 aromatic rings. The Balaban J connectivity index is 1.70. The van der Waals surface area contributed by atoms with E-state index in [9.17, 15) is 10.1 Å². The first-order valence-electron chi connectivity index (χ1n) is 7.66. The molecule has 7 nitrogen and oxygen atoms in total. The van der Waals surface area contributed by atoms with Gasteiger partial charge in [0.05, 0.1) is 10.6 Å². The van der Waals surface area contributed by atoms with Crippen molar-refractivity contribution in [2.24, 2.45) is 5.10 Å². The zero-order valence-corrected chi connectivity index (χ0v) is 15.3. The first kappa shape index (κ1) is 17.7. The van der Waals surface area contributed by atoms with Crippen LogP contribution in [-0.4, -0.2) is 20.6 Å². The van der Waals surface area contributed by atoms with Crippen molar-refractivity contribution in [3.63, 3.8) is 0 Å². The maximum atomic E-state index is 10.7. The van der Waals surface area contributed by atoms with Gasteiger partial charge in [-0.1, -0.05) is 28.1 Å². The molecule has 0 saturated heterocycles. The fourth-order valence-electron chi connectivity index (χ4n) is 2.20. The lowest BCUT2D eigenvalue weighted by atomic mass is 10.1. The highest BCUT2D eigenvalue weighted by atomic mass is 79.9. The highest BCUT2D eigenvalue weighted by Crippen LogP contribution is 2.21. The van der Waals surface area contributed by atoms with Crippen molar-refractivity contribution in [2.45, 2.75) is 6.92 Å². The summed E-state index contributed by atoms with van der Waals surface area (Å²) in [5, 5.41) is 15.0. The summed E-state index contributed by atoms with van der Waals surface area (Å²) in [6, 6.07) is 14.1. The molecule has 1 heterocycles. The quantitative estimate of drug-likeness (QED) is 0.374. The van der Waals surface area contributed by atoms with Gasteiger partial charge in [0, 0.05) is 34.6 Å². The van der Waals surface area contributed by atoms with Gasteiger partial charge in [-0.05, 0) is 42.3 Å². The summed E-state index contributed by atoms with van der Waals surface area (Å²) in [5.41, 5.74) is 6.23. The SMILES string of the molecule is C/C(=N/Nc1ncc(-c2ccc([N+](=O)[O-])cc2)cn1)c1ccc(Br)cc1. The van der Waals surface area contributed by atoms with Crippen LogP contribution in [0.15, 0.2) is 70.5 Å². The van der Waals surface area contributed by atoms with Crippen LogP contribution in [0.3, 0.4) is 0 Å². The number of non-ortho nitro benzene ring substituents is 1. The standard InChI is InChI=1S/C18H14BrN5O2/c1-12(13-2-6-16(19)7-3-13)22-23-18-20-10-15(11-21-18)14-4-8-17(9-5-14)24(25)26/h2-11H,1H3,(H,20,21,23)/b22-12-. The van der Waals surface area contributed by atoms with Crippen molar-refractivity contribution in [2.75, 3.05) is 5.43 Å². The average Bonchev–Trinajstić information content (AvgIpc) is 2.67. The second kappa shape index (κ2) is 7.83. The van der Waals surface area contributed by atoms with Gasteiger partial charge in [0.25, 0.3) is 5.69 Å². The molecule has 130 valence electrons. The summed E-state index contributed by atoms with van der Waals surface area (Å²) in [4.78, 5) is 18.7. The van der Waals surface area contributed by atoms with Crippen LogP contribution < -0.4 is 5.43 Å². The number of halogens is 1. The molecule has 0 spiro atoms. The van der Waals surface area contributed by atoms with E-state index in [0.29, 0.717) is 5.95 Å². The Morgan fingerprint density at radius 1 is 1.04 bits per heavy atom. The van der Waals surface area contributed by atoms with Crippen LogP contribution in [0.4, 0.5) is 11.6 Å². The number of benzene rings is 2. The van der Waals surface area contributed by atoms with Gasteiger partial charge in [-0.25, -0.2) is 15.4 Å². The third kappa shape index (κ3) is 4.28. The van der Waals surface area contributed by atoms with Crippen LogP contribution in [0.2, 0.25) is 0 Å². The number of hydrazone groups is 1. The van der Waals surface area contributed by atoms with Crippen molar-refractivity contribution in [1.82, 2.24) is 9.97 Å².